The topological polar surface area (TPSA) is 41.9 Å². The van der Waals surface area contributed by atoms with Gasteiger partial charge in [0.15, 0.2) is 11.5 Å². The lowest BCUT2D eigenvalue weighted by Gasteiger charge is -2.63. The van der Waals surface area contributed by atoms with E-state index in [-0.39, 0.29) is 17.6 Å². The summed E-state index contributed by atoms with van der Waals surface area (Å²) in [7, 11) is 0. The highest BCUT2D eigenvalue weighted by Gasteiger charge is 2.72. The van der Waals surface area contributed by atoms with Crippen molar-refractivity contribution in [2.75, 3.05) is 13.1 Å². The maximum atomic E-state index is 12.4. The molecular weight excluding hydrogens is 398 g/mol. The molecule has 2 saturated carbocycles. The average Bonchev–Trinajstić information content (AvgIpc) is 3.55. The van der Waals surface area contributed by atoms with E-state index in [1.165, 1.54) is 24.0 Å². The van der Waals surface area contributed by atoms with Gasteiger partial charge in [0.2, 0.25) is 0 Å². The first-order chi connectivity index (χ1) is 15.6. The summed E-state index contributed by atoms with van der Waals surface area (Å²) < 4.78 is 13.0. The summed E-state index contributed by atoms with van der Waals surface area (Å²) in [6.45, 7) is 7.09. The van der Waals surface area contributed by atoms with Gasteiger partial charge in [-0.15, -0.1) is 0 Å². The number of benzene rings is 2. The molecule has 2 heterocycles. The number of piperidine rings is 1. The van der Waals surface area contributed by atoms with Crippen molar-refractivity contribution < 1.29 is 14.6 Å². The third-order valence-electron chi connectivity index (χ3n) is 8.93. The minimum atomic E-state index is -0.762. The predicted octanol–water partition coefficient (Wildman–Crippen LogP) is 4.39. The summed E-state index contributed by atoms with van der Waals surface area (Å²) in [4.78, 5) is 2.61. The first-order valence-electron chi connectivity index (χ1n) is 12.2. The molecule has 4 atom stereocenters. The maximum Gasteiger partial charge on any atom is 0.166 e. The molecule has 32 heavy (non-hydrogen) atoms. The molecule has 0 amide bonds. The number of likely N-dealkylation sites (tertiary alicyclic amines) is 1. The lowest BCUT2D eigenvalue weighted by Crippen LogP contribution is -2.75. The van der Waals surface area contributed by atoms with E-state index in [1.807, 2.05) is 18.2 Å². The molecule has 1 spiro atoms. The zero-order valence-corrected chi connectivity index (χ0v) is 18.6. The minimum Gasteiger partial charge on any atom is -0.485 e. The Hall–Kier alpha value is -2.30. The molecule has 4 heteroatoms. The van der Waals surface area contributed by atoms with Gasteiger partial charge in [-0.25, -0.2) is 0 Å². The fourth-order valence-corrected chi connectivity index (χ4v) is 7.23. The number of hydrogen-bond acceptors (Lipinski definition) is 4. The molecule has 3 fully saturated rings. The van der Waals surface area contributed by atoms with Crippen molar-refractivity contribution in [3.8, 4) is 11.5 Å². The quantitative estimate of drug-likeness (QED) is 0.716. The third kappa shape index (κ3) is 2.45. The van der Waals surface area contributed by atoms with Crippen LogP contribution >= 0.6 is 0 Å². The summed E-state index contributed by atoms with van der Waals surface area (Å²) in [5.74, 6) is 2.48. The minimum absolute atomic E-state index is 0.151. The summed E-state index contributed by atoms with van der Waals surface area (Å²) in [6, 6.07) is 14.7. The normalized spacial score (nSPS) is 34.7. The second-order valence-electron chi connectivity index (χ2n) is 10.7. The first-order valence-corrected chi connectivity index (χ1v) is 12.2. The molecule has 1 unspecified atom stereocenters. The second-order valence-corrected chi connectivity index (χ2v) is 10.7. The second kappa shape index (κ2) is 6.61. The molecule has 166 valence electrons. The molecule has 1 saturated heterocycles. The van der Waals surface area contributed by atoms with E-state index in [1.54, 1.807) is 0 Å². The molecule has 2 bridgehead atoms. The van der Waals surface area contributed by atoms with Crippen molar-refractivity contribution in [3.05, 3.63) is 71.3 Å². The van der Waals surface area contributed by atoms with Crippen LogP contribution in [0, 0.1) is 5.92 Å². The fourth-order valence-electron chi connectivity index (χ4n) is 7.23. The highest BCUT2D eigenvalue weighted by Crippen LogP contribution is 2.66. The van der Waals surface area contributed by atoms with Crippen molar-refractivity contribution in [2.24, 2.45) is 5.92 Å². The van der Waals surface area contributed by atoms with Crippen LogP contribution in [-0.4, -0.2) is 40.8 Å². The van der Waals surface area contributed by atoms with Gasteiger partial charge in [0.25, 0.3) is 0 Å². The van der Waals surface area contributed by atoms with Crippen LogP contribution in [0.5, 0.6) is 11.5 Å². The summed E-state index contributed by atoms with van der Waals surface area (Å²) in [5.41, 5.74) is 3.67. The molecule has 5 aliphatic rings. The Balaban J connectivity index is 1.32. The van der Waals surface area contributed by atoms with Crippen molar-refractivity contribution in [1.82, 2.24) is 4.90 Å². The van der Waals surface area contributed by atoms with E-state index in [0.717, 1.165) is 67.3 Å². The predicted molar refractivity (Wildman–Crippen MR) is 123 cm³/mol. The van der Waals surface area contributed by atoms with Crippen LogP contribution in [0.25, 0.3) is 0 Å². The number of hydrogen-bond donors (Lipinski definition) is 1. The van der Waals surface area contributed by atoms with Gasteiger partial charge in [-0.05, 0) is 73.8 Å². The first kappa shape index (κ1) is 19.2. The monoisotopic (exact) mass is 429 g/mol. The van der Waals surface area contributed by atoms with Crippen LogP contribution in [0.2, 0.25) is 0 Å². The zero-order valence-electron chi connectivity index (χ0n) is 18.6. The Kier molecular flexibility index (Phi) is 3.97. The number of ether oxygens (including phenoxy) is 2. The third-order valence-corrected chi connectivity index (χ3v) is 8.93. The van der Waals surface area contributed by atoms with Crippen LogP contribution < -0.4 is 9.47 Å². The van der Waals surface area contributed by atoms with Gasteiger partial charge in [-0.1, -0.05) is 43.0 Å². The van der Waals surface area contributed by atoms with E-state index in [0.29, 0.717) is 6.61 Å². The zero-order chi connectivity index (χ0) is 21.5. The van der Waals surface area contributed by atoms with E-state index < -0.39 is 5.60 Å². The molecule has 2 aliphatic heterocycles. The van der Waals surface area contributed by atoms with Gasteiger partial charge in [-0.2, -0.15) is 0 Å². The molecule has 0 radical (unpaired) electrons. The molecular formula is C28H31NO3. The molecule has 1 N–H and O–H groups in total. The van der Waals surface area contributed by atoms with E-state index in [2.05, 4.69) is 35.7 Å². The standard InChI is InChI=1S/C28H31NO3/c1-18-11-12-28(30)23-15-21-9-10-22(31-17-20-5-3-2-4-6-20)25-24(21)27(28,26(18)32-25)13-14-29(23)16-19-7-8-19/h2-6,9-10,19,23,26,30H,1,7-8,11-17H2/t23-,26+,27+,28?/m1/s1. The molecule has 4 nitrogen and oxygen atoms in total. The Morgan fingerprint density at radius 2 is 1.97 bits per heavy atom. The lowest BCUT2D eigenvalue weighted by molar-refractivity contribution is -0.174. The Bertz CT molecular complexity index is 1090. The van der Waals surface area contributed by atoms with Crippen LogP contribution in [-0.2, 0) is 18.4 Å². The molecule has 2 aromatic rings. The van der Waals surface area contributed by atoms with Crippen molar-refractivity contribution in [1.29, 1.82) is 0 Å². The van der Waals surface area contributed by atoms with Gasteiger partial charge < -0.3 is 14.6 Å². The SMILES string of the molecule is C=C1CCC2(O)[C@H]3Cc4ccc(OCc5ccccc5)c5c4[C@@]2(CCN3CC2CC2)[C@H]1O5. The average molecular weight is 430 g/mol. The largest absolute Gasteiger partial charge is 0.485 e. The molecule has 2 aromatic carbocycles. The Labute approximate surface area is 189 Å². The molecule has 7 rings (SSSR count). The summed E-state index contributed by atoms with van der Waals surface area (Å²) in [5, 5.41) is 12.4. The Morgan fingerprint density at radius 1 is 1.12 bits per heavy atom. The molecule has 3 aliphatic carbocycles. The van der Waals surface area contributed by atoms with Crippen LogP contribution in [0.4, 0.5) is 0 Å². The van der Waals surface area contributed by atoms with Crippen molar-refractivity contribution >= 4 is 0 Å². The van der Waals surface area contributed by atoms with Gasteiger partial charge >= 0.3 is 0 Å². The van der Waals surface area contributed by atoms with Crippen molar-refractivity contribution in [2.45, 2.75) is 68.3 Å². The number of rotatable bonds is 5. The lowest BCUT2D eigenvalue weighted by atomic mass is 9.48. The maximum absolute atomic E-state index is 12.4. The highest BCUT2D eigenvalue weighted by molar-refractivity contribution is 5.64. The van der Waals surface area contributed by atoms with E-state index in [9.17, 15) is 5.11 Å². The Morgan fingerprint density at radius 3 is 2.78 bits per heavy atom. The van der Waals surface area contributed by atoms with Crippen LogP contribution in [0.1, 0.15) is 48.8 Å². The van der Waals surface area contributed by atoms with Crippen molar-refractivity contribution in [3.63, 3.8) is 0 Å². The van der Waals surface area contributed by atoms with Gasteiger partial charge in [-0.3, -0.25) is 4.90 Å². The summed E-state index contributed by atoms with van der Waals surface area (Å²) in [6.07, 6.45) is 5.98. The fraction of sp³-hybridized carbons (Fsp3) is 0.500. The van der Waals surface area contributed by atoms with Gasteiger partial charge in [0.1, 0.15) is 12.7 Å². The molecule has 0 aromatic heterocycles. The highest BCUT2D eigenvalue weighted by atomic mass is 16.5. The van der Waals surface area contributed by atoms with E-state index >= 15 is 0 Å². The summed E-state index contributed by atoms with van der Waals surface area (Å²) >= 11 is 0. The van der Waals surface area contributed by atoms with Crippen LogP contribution in [0.15, 0.2) is 54.6 Å². The van der Waals surface area contributed by atoms with Gasteiger partial charge in [0.05, 0.1) is 11.0 Å². The number of nitrogens with zero attached hydrogens (tertiary/aromatic N) is 1. The van der Waals surface area contributed by atoms with E-state index in [4.69, 9.17) is 9.47 Å². The van der Waals surface area contributed by atoms with Gasteiger partial charge in [0, 0.05) is 18.2 Å². The smallest absolute Gasteiger partial charge is 0.166 e. The van der Waals surface area contributed by atoms with Crippen LogP contribution in [0.3, 0.4) is 0 Å². The number of aliphatic hydroxyl groups is 1.